The molecule has 0 amide bonds. The van der Waals surface area contributed by atoms with E-state index in [0.29, 0.717) is 0 Å². The van der Waals surface area contributed by atoms with Crippen molar-refractivity contribution in [2.75, 3.05) is 42.3 Å². The summed E-state index contributed by atoms with van der Waals surface area (Å²) in [7, 11) is 8.88. The molecule has 4 aromatic carbocycles. The highest BCUT2D eigenvalue weighted by atomic mass is 32.2. The van der Waals surface area contributed by atoms with Crippen molar-refractivity contribution in [2.45, 2.75) is 22.9 Å². The van der Waals surface area contributed by atoms with Crippen molar-refractivity contribution in [3.8, 4) is 0 Å². The molecular weight excluding hydrogens is 564 g/mol. The molecule has 4 aromatic rings. The van der Waals surface area contributed by atoms with Crippen molar-refractivity contribution in [3.63, 3.8) is 0 Å². The van der Waals surface area contributed by atoms with E-state index in [2.05, 4.69) is 103 Å². The van der Waals surface area contributed by atoms with Crippen molar-refractivity contribution in [2.24, 2.45) is 0 Å². The van der Waals surface area contributed by atoms with Gasteiger partial charge in [-0.15, -0.1) is 0 Å². The predicted molar refractivity (Wildman–Crippen MR) is 163 cm³/mol. The number of sulfone groups is 1. The summed E-state index contributed by atoms with van der Waals surface area (Å²) in [5.74, 6) is -3.33. The van der Waals surface area contributed by atoms with Crippen LogP contribution in [0.2, 0.25) is 0 Å². The van der Waals surface area contributed by atoms with Crippen LogP contribution in [-0.4, -0.2) is 71.6 Å². The van der Waals surface area contributed by atoms with Crippen LogP contribution in [0.4, 0.5) is 0 Å². The van der Waals surface area contributed by atoms with E-state index >= 15 is 0 Å². The fraction of sp³-hybridized carbons (Fsp3) is 0.235. The van der Waals surface area contributed by atoms with E-state index in [-0.39, 0.29) is 0 Å². The smallest absolute Gasteiger partial charge is 0.207 e. The van der Waals surface area contributed by atoms with Crippen LogP contribution in [0.1, 0.15) is 31.8 Å². The molecule has 0 N–H and O–H groups in total. The number of nitrogens with zero attached hydrogens (tertiary/aromatic N) is 2. The van der Waals surface area contributed by atoms with Crippen LogP contribution in [0.15, 0.2) is 119 Å². The summed E-state index contributed by atoms with van der Waals surface area (Å²) in [6, 6.07) is 30.8. The molecule has 0 aliphatic carbocycles. The lowest BCUT2D eigenvalue weighted by molar-refractivity contribution is -0.884. The van der Waals surface area contributed by atoms with Crippen LogP contribution < -0.4 is 10.2 Å². The Hall–Kier alpha value is -4.31. The summed E-state index contributed by atoms with van der Waals surface area (Å²) < 4.78 is 27.0. The minimum atomic E-state index is -4.33. The topological polar surface area (TPSA) is 114 Å². The largest absolute Gasteiger partial charge is 0.545 e. The first kappa shape index (κ1) is 34.9. The molecule has 0 unspecified atom stereocenters. The quantitative estimate of drug-likeness (QED) is 0.286. The summed E-state index contributed by atoms with van der Waals surface area (Å²) >= 11 is 0. The zero-order chi connectivity index (χ0) is 32.3. The van der Waals surface area contributed by atoms with Crippen LogP contribution in [0.3, 0.4) is 0 Å². The first-order valence-electron chi connectivity index (χ1n) is 13.6. The number of benzene rings is 4. The van der Waals surface area contributed by atoms with Crippen molar-refractivity contribution in [1.29, 1.82) is 0 Å². The van der Waals surface area contributed by atoms with E-state index in [0.717, 1.165) is 46.3 Å². The van der Waals surface area contributed by atoms with Gasteiger partial charge in [-0.05, 0) is 12.1 Å². The number of carboxylic acids is 2. The molecule has 9 heteroatoms. The Morgan fingerprint density at radius 1 is 0.512 bits per heavy atom. The summed E-state index contributed by atoms with van der Waals surface area (Å²) in [4.78, 5) is 21.0. The summed E-state index contributed by atoms with van der Waals surface area (Å²) in [6.07, 6.45) is 0. The molecule has 0 aromatic heterocycles. The van der Waals surface area contributed by atoms with E-state index in [4.69, 9.17) is 0 Å². The minimum absolute atomic E-state index is 0.529. The third-order valence-corrected chi connectivity index (χ3v) is 7.66. The highest BCUT2D eigenvalue weighted by Gasteiger charge is 2.24. The zero-order valence-electron chi connectivity index (χ0n) is 25.6. The highest BCUT2D eigenvalue weighted by molar-refractivity contribution is 7.91. The lowest BCUT2D eigenvalue weighted by atomic mass is 10.2. The van der Waals surface area contributed by atoms with Gasteiger partial charge in [0.15, 0.2) is 0 Å². The molecule has 0 atom stereocenters. The Morgan fingerprint density at radius 2 is 0.791 bits per heavy atom. The van der Waals surface area contributed by atoms with Crippen molar-refractivity contribution in [3.05, 3.63) is 131 Å². The van der Waals surface area contributed by atoms with Gasteiger partial charge in [0.25, 0.3) is 0 Å². The van der Waals surface area contributed by atoms with Crippen molar-refractivity contribution >= 4 is 21.8 Å². The van der Waals surface area contributed by atoms with Crippen LogP contribution in [0, 0.1) is 0 Å². The van der Waals surface area contributed by atoms with Gasteiger partial charge >= 0.3 is 0 Å². The van der Waals surface area contributed by atoms with Gasteiger partial charge < -0.3 is 28.8 Å². The maximum Gasteiger partial charge on any atom is 0.207 e. The maximum atomic E-state index is 12.5. The van der Waals surface area contributed by atoms with Gasteiger partial charge in [-0.1, -0.05) is 97.1 Å². The molecule has 0 heterocycles. The third kappa shape index (κ3) is 11.8. The monoisotopic (exact) mass is 604 g/mol. The van der Waals surface area contributed by atoms with Crippen molar-refractivity contribution in [1.82, 2.24) is 0 Å². The van der Waals surface area contributed by atoms with E-state index < -0.39 is 42.7 Å². The summed E-state index contributed by atoms with van der Waals surface area (Å²) in [5, 5.41) is 22.0. The van der Waals surface area contributed by atoms with Gasteiger partial charge in [0.05, 0.1) is 64.0 Å². The summed E-state index contributed by atoms with van der Waals surface area (Å²) in [6.45, 7) is 2.20. The number of quaternary nitrogens is 2. The molecule has 0 saturated heterocycles. The van der Waals surface area contributed by atoms with Crippen LogP contribution in [0.5, 0.6) is 0 Å². The zero-order valence-corrected chi connectivity index (χ0v) is 26.4. The molecule has 0 bridgehead atoms. The Kier molecular flexibility index (Phi) is 12.4. The van der Waals surface area contributed by atoms with Crippen LogP contribution >= 0.6 is 0 Å². The molecule has 0 aliphatic heterocycles. The summed E-state index contributed by atoms with van der Waals surface area (Å²) in [5.41, 5.74) is 1.73. The first-order valence-corrected chi connectivity index (χ1v) is 15.0. The molecular formula is C34H40N2O6S. The Morgan fingerprint density at radius 3 is 1.07 bits per heavy atom. The van der Waals surface area contributed by atoms with Gasteiger partial charge in [0.2, 0.25) is 9.84 Å². The fourth-order valence-electron chi connectivity index (χ4n) is 4.12. The van der Waals surface area contributed by atoms with Gasteiger partial charge in [-0.2, -0.15) is 0 Å². The molecule has 0 saturated carbocycles. The second-order valence-corrected chi connectivity index (χ2v) is 13.8. The minimum Gasteiger partial charge on any atom is -0.545 e. The highest BCUT2D eigenvalue weighted by Crippen LogP contribution is 2.26. The lowest BCUT2D eigenvalue weighted by Gasteiger charge is -2.23. The number of hydrogen-bond donors (Lipinski definition) is 0. The number of carbonyl (C=O) groups is 2. The Balaban J connectivity index is 0.000000247. The molecule has 8 nitrogen and oxygen atoms in total. The van der Waals surface area contributed by atoms with Crippen molar-refractivity contribution < 1.29 is 37.2 Å². The van der Waals surface area contributed by atoms with Gasteiger partial charge in [-0.25, -0.2) is 8.42 Å². The Labute approximate surface area is 255 Å². The number of aromatic carboxylic acids is 2. The fourth-order valence-corrected chi connectivity index (χ4v) is 5.75. The van der Waals surface area contributed by atoms with E-state index in [9.17, 15) is 28.2 Å². The molecule has 0 fully saturated rings. The average molecular weight is 605 g/mol. The van der Waals surface area contributed by atoms with Crippen LogP contribution in [-0.2, 0) is 22.9 Å². The van der Waals surface area contributed by atoms with Gasteiger partial charge in [-0.3, -0.25) is 0 Å². The van der Waals surface area contributed by atoms with E-state index in [1.807, 2.05) is 0 Å². The number of rotatable bonds is 8. The first-order chi connectivity index (χ1) is 20.0. The van der Waals surface area contributed by atoms with Crippen LogP contribution in [0.25, 0.3) is 0 Å². The average Bonchev–Trinajstić information content (AvgIpc) is 2.93. The molecule has 43 heavy (non-hydrogen) atoms. The predicted octanol–water partition coefficient (Wildman–Crippen LogP) is 3.03. The maximum absolute atomic E-state index is 12.5. The molecule has 0 radical (unpaired) electrons. The van der Waals surface area contributed by atoms with E-state index in [1.54, 1.807) is 0 Å². The third-order valence-electron chi connectivity index (χ3n) is 5.79. The number of carboxylic acid groups (broad SMARTS) is 2. The molecule has 0 spiro atoms. The standard InChI is InChI=1S/C14H10O6S.2C10H16N/c15-13(16)9-5-1-3-7-11(9)21(19,20)12-8-4-2-6-10(12)14(17)18;2*1-11(2,3)9-10-7-5-4-6-8-10/h1-8H,(H,15,16)(H,17,18);2*4-8H,9H2,1-3H3/q;2*+1/p-2. The van der Waals surface area contributed by atoms with E-state index in [1.165, 1.54) is 35.4 Å². The second kappa shape index (κ2) is 15.2. The Bertz CT molecular complexity index is 1480. The van der Waals surface area contributed by atoms with Gasteiger partial charge in [0, 0.05) is 22.3 Å². The van der Waals surface area contributed by atoms with Gasteiger partial charge in [0.1, 0.15) is 13.1 Å². The molecule has 228 valence electrons. The lowest BCUT2D eigenvalue weighted by Crippen LogP contribution is -2.33. The number of carbonyl (C=O) groups excluding carboxylic acids is 2. The second-order valence-electron chi connectivity index (χ2n) is 11.9. The molecule has 0 aliphatic rings. The normalized spacial score (nSPS) is 11.3. The number of hydrogen-bond acceptors (Lipinski definition) is 6. The SMILES string of the molecule is C[N+](C)(C)Cc1ccccc1.C[N+](C)(C)Cc1ccccc1.O=C([O-])c1ccccc1S(=O)(=O)c1ccccc1C(=O)[O-]. The molecule has 4 rings (SSSR count).